The number of amides is 5. The van der Waals surface area contributed by atoms with Crippen LogP contribution in [0.3, 0.4) is 0 Å². The number of carbonyl (C=O) groups excluding carboxylic acids is 3. The topological polar surface area (TPSA) is 225 Å². The van der Waals surface area contributed by atoms with Crippen LogP contribution in [0.4, 0.5) is 9.59 Å². The average Bonchev–Trinajstić information content (AvgIpc) is 1.60. The lowest BCUT2D eigenvalue weighted by atomic mass is 9.94. The minimum Gasteiger partial charge on any atom is -0.379 e. The van der Waals surface area contributed by atoms with Gasteiger partial charge in [-0.15, -0.1) is 0 Å². The van der Waals surface area contributed by atoms with E-state index in [2.05, 4.69) is 293 Å². The normalized spacial score (nSPS) is 12.0. The van der Waals surface area contributed by atoms with Crippen LogP contribution < -0.4 is 26.6 Å². The molecule has 5 N–H and O–H groups in total. The first-order valence-electron chi connectivity index (χ1n) is 45.3. The molecule has 0 aliphatic carbocycles. The van der Waals surface area contributed by atoms with Gasteiger partial charge in [-0.3, -0.25) is 9.69 Å². The van der Waals surface area contributed by atoms with Crippen LogP contribution in [0, 0.1) is 41.5 Å². The number of benzene rings is 10. The molecule has 20 nitrogen and oxygen atoms in total. The van der Waals surface area contributed by atoms with Gasteiger partial charge < -0.3 is 49.8 Å². The molecule has 0 unspecified atom stereocenters. The molecule has 662 valence electrons. The Kier molecular flexibility index (Phi) is 30.5. The number of hydrogen-bond acceptors (Lipinski definition) is 12. The van der Waals surface area contributed by atoms with Crippen LogP contribution in [0.25, 0.3) is 89.1 Å². The maximum atomic E-state index is 12.7. The fraction of sp³-hybridized carbons (Fsp3) is 0.264. The third-order valence-corrected chi connectivity index (χ3v) is 23.9. The number of urea groups is 2. The Morgan fingerprint density at radius 3 is 1.03 bits per heavy atom. The molecule has 0 spiro atoms. The van der Waals surface area contributed by atoms with Crippen LogP contribution >= 0.6 is 0 Å². The second kappa shape index (κ2) is 43.6. The molecule has 1 saturated heterocycles. The summed E-state index contributed by atoms with van der Waals surface area (Å²) >= 11 is 0. The second-order valence-corrected chi connectivity index (χ2v) is 33.5. The molecule has 17 rings (SSSR count). The molecular formula is C110H117N15O5. The summed E-state index contributed by atoms with van der Waals surface area (Å²) in [5.74, 6) is 3.00. The average molecular weight is 1730 g/mol. The summed E-state index contributed by atoms with van der Waals surface area (Å²) in [6.07, 6.45) is 4.12. The van der Waals surface area contributed by atoms with Crippen LogP contribution in [-0.2, 0) is 92.2 Å². The highest BCUT2D eigenvalue weighted by Crippen LogP contribution is 2.35. The second-order valence-electron chi connectivity index (χ2n) is 33.5. The van der Waals surface area contributed by atoms with Crippen molar-refractivity contribution in [1.29, 1.82) is 0 Å². The Morgan fingerprint density at radius 1 is 0.338 bits per heavy atom. The van der Waals surface area contributed by atoms with Crippen LogP contribution in [-0.4, -0.2) is 120 Å². The molecule has 1 aliphatic rings. The van der Waals surface area contributed by atoms with Crippen molar-refractivity contribution < 1.29 is 23.9 Å². The predicted octanol–water partition coefficient (Wildman–Crippen LogP) is 20.5. The number of pyridine rings is 3. The zero-order valence-corrected chi connectivity index (χ0v) is 76.4. The van der Waals surface area contributed by atoms with E-state index < -0.39 is 0 Å². The Morgan fingerprint density at radius 2 is 0.669 bits per heavy atom. The maximum absolute atomic E-state index is 12.7. The first-order valence-corrected chi connectivity index (χ1v) is 45.3. The SMILES string of the molecule is CCc1nc2c(C)cc(C)nc2n1Cc1ccc(-c2cc(-c3ccccc3)ccc2CNC(=O)COC)cc1.CCc1nc2c(C)cc(C)nc2n1Cc1ccc(-c2cc(-c3ccccc3)ccc2CNC(=O)NCCc2ccccc2)cc1.CCc1nc2c(C)cc(C)nc2n1Cc1ccc(-c2cc(CN3CCOCC3)ccc2CNC(=O)NCCc2ccccc2)cc1. The van der Waals surface area contributed by atoms with E-state index in [0.717, 1.165) is 222 Å². The van der Waals surface area contributed by atoms with Gasteiger partial charge in [-0.1, -0.05) is 251 Å². The van der Waals surface area contributed by atoms with E-state index >= 15 is 0 Å². The number of aryl methyl sites for hydroxylation is 9. The van der Waals surface area contributed by atoms with Gasteiger partial charge in [0.15, 0.2) is 16.9 Å². The van der Waals surface area contributed by atoms with E-state index in [9.17, 15) is 14.4 Å². The maximum Gasteiger partial charge on any atom is 0.315 e. The molecule has 0 atom stereocenters. The molecule has 0 radical (unpaired) electrons. The van der Waals surface area contributed by atoms with Crippen molar-refractivity contribution in [3.8, 4) is 55.6 Å². The van der Waals surface area contributed by atoms with Crippen molar-refractivity contribution in [2.75, 3.05) is 53.1 Å². The molecule has 16 aromatic rings. The van der Waals surface area contributed by atoms with Gasteiger partial charge in [0.1, 0.15) is 40.6 Å². The third-order valence-electron chi connectivity index (χ3n) is 23.9. The molecule has 130 heavy (non-hydrogen) atoms. The van der Waals surface area contributed by atoms with Crippen molar-refractivity contribution >= 4 is 51.5 Å². The number of carbonyl (C=O) groups is 3. The fourth-order valence-corrected chi connectivity index (χ4v) is 17.1. The summed E-state index contributed by atoms with van der Waals surface area (Å²) < 4.78 is 17.3. The molecule has 0 saturated carbocycles. The summed E-state index contributed by atoms with van der Waals surface area (Å²) in [4.78, 5) is 69.2. The van der Waals surface area contributed by atoms with Gasteiger partial charge in [0.2, 0.25) is 5.91 Å². The van der Waals surface area contributed by atoms with Crippen LogP contribution in [0.2, 0.25) is 0 Å². The van der Waals surface area contributed by atoms with E-state index in [1.807, 2.05) is 81.4 Å². The largest absolute Gasteiger partial charge is 0.379 e. The molecule has 10 aromatic carbocycles. The molecule has 7 heterocycles. The Labute approximate surface area is 763 Å². The highest BCUT2D eigenvalue weighted by molar-refractivity contribution is 5.83. The van der Waals surface area contributed by atoms with Crippen molar-refractivity contribution in [2.45, 2.75) is 140 Å². The van der Waals surface area contributed by atoms with Crippen LogP contribution in [0.15, 0.2) is 267 Å². The lowest BCUT2D eigenvalue weighted by Crippen LogP contribution is -2.36. The van der Waals surface area contributed by atoms with Crippen LogP contribution in [0.1, 0.15) is 122 Å². The summed E-state index contributed by atoms with van der Waals surface area (Å²) in [7, 11) is 1.52. The number of nitrogens with one attached hydrogen (secondary N) is 5. The standard InChI is InChI=1S/C39H39N5O.C38H44N6O2.C33H34N4O2/c1-4-36-43-37-27(2)23-28(3)42-38(37)44(36)26-30-15-17-32(18-16-30)35-24-33(31-13-9-6-10-14-31)19-20-34(35)25-41-39(45)40-22-21-29-11-7-5-8-12-29;1-4-35-42-36-27(2)22-28(3)41-37(36)44(35)26-30-10-13-32(14-11-30)34-23-31(25-43-18-20-46-21-19-43)12-15-33(34)24-40-38(45)39-17-16-29-8-6-5-7-9-29;1-5-30-36-32-22(2)17-23(3)35-33(32)37(30)20-24-11-13-26(14-12-24)29-18-27(25-9-7-6-8-10-25)15-16-28(29)19-34-31(38)21-39-4/h5-20,23-24H,4,21-22,25-26H2,1-3H3,(H2,40,41,45);5-15,22-23H,4,16-21,24-26H2,1-3H3,(H2,39,40,45);6-18H,5,19-21H2,1-4H3,(H,34,38). The molecule has 5 amide bonds. The number of imidazole rings is 3. The lowest BCUT2D eigenvalue weighted by molar-refractivity contribution is -0.124. The summed E-state index contributed by atoms with van der Waals surface area (Å²) in [5, 5.41) is 15.1. The van der Waals surface area contributed by atoms with Crippen molar-refractivity contribution in [1.82, 2.24) is 75.1 Å². The summed E-state index contributed by atoms with van der Waals surface area (Å²) in [6, 6.07) is 92.8. The van der Waals surface area contributed by atoms with Gasteiger partial charge in [0.25, 0.3) is 0 Å². The lowest BCUT2D eigenvalue weighted by Gasteiger charge is -2.27. The van der Waals surface area contributed by atoms with Gasteiger partial charge in [0.05, 0.1) is 32.8 Å². The van der Waals surface area contributed by atoms with Gasteiger partial charge >= 0.3 is 12.1 Å². The smallest absolute Gasteiger partial charge is 0.315 e. The third kappa shape index (κ3) is 23.1. The number of aromatic nitrogens is 9. The monoisotopic (exact) mass is 1730 g/mol. The highest BCUT2D eigenvalue weighted by Gasteiger charge is 2.22. The number of methoxy groups -OCH3 is 1. The number of morpholine rings is 1. The highest BCUT2D eigenvalue weighted by atomic mass is 16.5. The van der Waals surface area contributed by atoms with E-state index in [4.69, 9.17) is 39.4 Å². The summed E-state index contributed by atoms with van der Waals surface area (Å²) in [5.41, 5.74) is 33.9. The first-order chi connectivity index (χ1) is 63.4. The molecule has 1 fully saturated rings. The molecular weight excluding hydrogens is 1610 g/mol. The number of rotatable bonds is 30. The number of nitrogens with zero attached hydrogens (tertiary/aromatic N) is 10. The van der Waals surface area contributed by atoms with Gasteiger partial charge in [0, 0.05) is 95.8 Å². The minimum atomic E-state index is -0.169. The first kappa shape index (κ1) is 90.7. The molecule has 6 aromatic heterocycles. The Balaban J connectivity index is 0.000000150. The van der Waals surface area contributed by atoms with E-state index in [-0.39, 0.29) is 24.6 Å². The summed E-state index contributed by atoms with van der Waals surface area (Å²) in [6.45, 7) is 27.8. The number of fused-ring (bicyclic) bond motifs is 3. The molecule has 20 heteroatoms. The van der Waals surface area contributed by atoms with Gasteiger partial charge in [-0.2, -0.15) is 0 Å². The van der Waals surface area contributed by atoms with Crippen molar-refractivity contribution in [3.63, 3.8) is 0 Å². The molecule has 1 aliphatic heterocycles. The van der Waals surface area contributed by atoms with Crippen molar-refractivity contribution in [2.24, 2.45) is 0 Å². The van der Waals surface area contributed by atoms with E-state index in [0.29, 0.717) is 52.4 Å². The molecule has 0 bridgehead atoms. The van der Waals surface area contributed by atoms with E-state index in [1.165, 1.54) is 40.5 Å². The van der Waals surface area contributed by atoms with Gasteiger partial charge in [-0.25, -0.2) is 39.5 Å². The van der Waals surface area contributed by atoms with Crippen molar-refractivity contribution in [3.05, 3.63) is 368 Å². The Hall–Kier alpha value is -14.1. The fourth-order valence-electron chi connectivity index (χ4n) is 17.1. The quantitative estimate of drug-likeness (QED) is 0.0283. The van der Waals surface area contributed by atoms with Gasteiger partial charge in [-0.05, 0) is 213 Å². The zero-order chi connectivity index (χ0) is 90.4. The van der Waals surface area contributed by atoms with Crippen LogP contribution in [0.5, 0.6) is 0 Å². The minimum absolute atomic E-state index is 0.0444. The zero-order valence-electron chi connectivity index (χ0n) is 76.4. The number of hydrogen-bond donors (Lipinski definition) is 5. The predicted molar refractivity (Wildman–Crippen MR) is 524 cm³/mol. The van der Waals surface area contributed by atoms with E-state index in [1.54, 1.807) is 0 Å². The Bertz CT molecular complexity index is 6550. The number of ether oxygens (including phenoxy) is 2.